The molecule has 2 N–H and O–H groups in total. The van der Waals surface area contributed by atoms with E-state index in [9.17, 15) is 13.2 Å². The fraction of sp³-hybridized carbons (Fsp3) is 0.409. The summed E-state index contributed by atoms with van der Waals surface area (Å²) in [5.74, 6) is -0.336. The van der Waals surface area contributed by atoms with E-state index in [0.717, 1.165) is 32.6 Å². The number of nitrogens with zero attached hydrogens (tertiary/aromatic N) is 2. The van der Waals surface area contributed by atoms with Gasteiger partial charge in [0.1, 0.15) is 4.90 Å². The molecule has 0 saturated carbocycles. The molecule has 1 amide bonds. The number of sulfonamides is 1. The van der Waals surface area contributed by atoms with Gasteiger partial charge in [0.15, 0.2) is 0 Å². The number of aryl methyl sites for hydroxylation is 1. The van der Waals surface area contributed by atoms with Gasteiger partial charge in [-0.25, -0.2) is 13.1 Å². The standard InChI is InChI=1S/C22H30N4O3S/c1-4-17-6-9-19(10-7-17)24-22(27)18-8-11-20(26-14-12-25(3)13-15-26)21(16-18)30(28,29)23-5-2/h6-11,16,23H,4-5,12-15H2,1-3H3,(H,24,27). The lowest BCUT2D eigenvalue weighted by atomic mass is 10.1. The summed E-state index contributed by atoms with van der Waals surface area (Å²) in [6.07, 6.45) is 0.924. The summed E-state index contributed by atoms with van der Waals surface area (Å²) in [6, 6.07) is 12.5. The molecule has 1 heterocycles. The van der Waals surface area contributed by atoms with E-state index in [0.29, 0.717) is 16.9 Å². The molecular formula is C22H30N4O3S. The van der Waals surface area contributed by atoms with Crippen molar-refractivity contribution in [3.63, 3.8) is 0 Å². The molecule has 0 bridgehead atoms. The molecule has 1 fully saturated rings. The van der Waals surface area contributed by atoms with Crippen LogP contribution in [0.5, 0.6) is 0 Å². The molecule has 0 spiro atoms. The molecule has 1 aliphatic rings. The van der Waals surface area contributed by atoms with Crippen molar-refractivity contribution in [1.82, 2.24) is 9.62 Å². The van der Waals surface area contributed by atoms with Gasteiger partial charge in [0.25, 0.3) is 5.91 Å². The second-order valence-electron chi connectivity index (χ2n) is 7.48. The number of hydrogen-bond donors (Lipinski definition) is 2. The second kappa shape index (κ2) is 9.59. The highest BCUT2D eigenvalue weighted by Crippen LogP contribution is 2.28. The molecule has 2 aromatic rings. The number of benzene rings is 2. The topological polar surface area (TPSA) is 81.7 Å². The Morgan fingerprint density at radius 2 is 1.67 bits per heavy atom. The molecule has 1 saturated heterocycles. The Hall–Kier alpha value is -2.42. The van der Waals surface area contributed by atoms with Gasteiger partial charge in [-0.05, 0) is 49.4 Å². The zero-order chi connectivity index (χ0) is 21.7. The van der Waals surface area contributed by atoms with Crippen molar-refractivity contribution in [3.05, 3.63) is 53.6 Å². The minimum Gasteiger partial charge on any atom is -0.368 e. The number of nitrogens with one attached hydrogen (secondary N) is 2. The first-order chi connectivity index (χ1) is 14.3. The number of rotatable bonds is 7. The first-order valence-electron chi connectivity index (χ1n) is 10.3. The maximum atomic E-state index is 12.9. The van der Waals surface area contributed by atoms with Crippen LogP contribution in [0.4, 0.5) is 11.4 Å². The SMILES string of the molecule is CCNS(=O)(=O)c1cc(C(=O)Nc2ccc(CC)cc2)ccc1N1CCN(C)CC1. The van der Waals surface area contributed by atoms with Crippen LogP contribution in [0.15, 0.2) is 47.4 Å². The molecule has 8 heteroatoms. The van der Waals surface area contributed by atoms with E-state index < -0.39 is 10.0 Å². The fourth-order valence-electron chi connectivity index (χ4n) is 3.47. The van der Waals surface area contributed by atoms with Crippen molar-refractivity contribution in [3.8, 4) is 0 Å². The first-order valence-corrected chi connectivity index (χ1v) is 11.8. The lowest BCUT2D eigenvalue weighted by molar-refractivity contribution is 0.102. The van der Waals surface area contributed by atoms with Gasteiger partial charge in [0.05, 0.1) is 5.69 Å². The number of carbonyl (C=O) groups excluding carboxylic acids is 1. The Morgan fingerprint density at radius 3 is 2.27 bits per heavy atom. The number of hydrogen-bond acceptors (Lipinski definition) is 5. The van der Waals surface area contributed by atoms with Crippen LogP contribution in [-0.2, 0) is 16.4 Å². The quantitative estimate of drug-likeness (QED) is 0.706. The van der Waals surface area contributed by atoms with E-state index in [2.05, 4.69) is 26.8 Å². The van der Waals surface area contributed by atoms with E-state index in [1.165, 1.54) is 11.6 Å². The summed E-state index contributed by atoms with van der Waals surface area (Å²) < 4.78 is 28.3. The normalized spacial score (nSPS) is 15.2. The number of carbonyl (C=O) groups is 1. The van der Waals surface area contributed by atoms with Crippen LogP contribution in [0, 0.1) is 0 Å². The molecule has 30 heavy (non-hydrogen) atoms. The van der Waals surface area contributed by atoms with E-state index in [1.54, 1.807) is 19.1 Å². The Kier molecular flexibility index (Phi) is 7.12. The summed E-state index contributed by atoms with van der Waals surface area (Å²) in [6.45, 7) is 7.28. The molecular weight excluding hydrogens is 400 g/mol. The minimum atomic E-state index is -3.73. The van der Waals surface area contributed by atoms with Crippen LogP contribution in [0.25, 0.3) is 0 Å². The van der Waals surface area contributed by atoms with Gasteiger partial charge in [-0.1, -0.05) is 26.0 Å². The summed E-state index contributed by atoms with van der Waals surface area (Å²) in [7, 11) is -1.68. The predicted molar refractivity (Wildman–Crippen MR) is 121 cm³/mol. The number of anilines is 2. The van der Waals surface area contributed by atoms with Gasteiger partial charge < -0.3 is 15.1 Å². The molecule has 1 aliphatic heterocycles. The van der Waals surface area contributed by atoms with Crippen LogP contribution in [0.3, 0.4) is 0 Å². The molecule has 2 aromatic carbocycles. The van der Waals surface area contributed by atoms with Gasteiger partial charge in [-0.3, -0.25) is 4.79 Å². The Bertz CT molecular complexity index is 982. The lowest BCUT2D eigenvalue weighted by Crippen LogP contribution is -2.45. The number of amides is 1. The molecule has 0 radical (unpaired) electrons. The number of piperazine rings is 1. The second-order valence-corrected chi connectivity index (χ2v) is 9.21. The Balaban J connectivity index is 1.90. The molecule has 3 rings (SSSR count). The van der Waals surface area contributed by atoms with E-state index in [1.807, 2.05) is 31.3 Å². The molecule has 0 atom stereocenters. The molecule has 7 nitrogen and oxygen atoms in total. The zero-order valence-electron chi connectivity index (χ0n) is 17.8. The van der Waals surface area contributed by atoms with Gasteiger partial charge in [-0.2, -0.15) is 0 Å². The Morgan fingerprint density at radius 1 is 1.00 bits per heavy atom. The van der Waals surface area contributed by atoms with Crippen molar-refractivity contribution in [1.29, 1.82) is 0 Å². The highest BCUT2D eigenvalue weighted by atomic mass is 32.2. The smallest absolute Gasteiger partial charge is 0.255 e. The van der Waals surface area contributed by atoms with Crippen molar-refractivity contribution < 1.29 is 13.2 Å². The van der Waals surface area contributed by atoms with E-state index in [4.69, 9.17) is 0 Å². The first kappa shape index (κ1) is 22.3. The highest BCUT2D eigenvalue weighted by Gasteiger charge is 2.25. The number of likely N-dealkylation sites (N-methyl/N-ethyl adjacent to an activating group) is 1. The fourth-order valence-corrected chi connectivity index (χ4v) is 4.76. The van der Waals surface area contributed by atoms with E-state index >= 15 is 0 Å². The molecule has 162 valence electrons. The predicted octanol–water partition coefficient (Wildman–Crippen LogP) is 2.55. The van der Waals surface area contributed by atoms with Crippen LogP contribution in [0.2, 0.25) is 0 Å². The van der Waals surface area contributed by atoms with Gasteiger partial charge >= 0.3 is 0 Å². The monoisotopic (exact) mass is 430 g/mol. The summed E-state index contributed by atoms with van der Waals surface area (Å²) >= 11 is 0. The maximum Gasteiger partial charge on any atom is 0.255 e. The molecule has 0 aliphatic carbocycles. The van der Waals surface area contributed by atoms with Crippen molar-refractivity contribution in [2.75, 3.05) is 50.0 Å². The van der Waals surface area contributed by atoms with Gasteiger partial charge in [-0.15, -0.1) is 0 Å². The van der Waals surface area contributed by atoms with Crippen LogP contribution < -0.4 is 14.9 Å². The zero-order valence-corrected chi connectivity index (χ0v) is 18.6. The van der Waals surface area contributed by atoms with Crippen molar-refractivity contribution >= 4 is 27.3 Å². The summed E-state index contributed by atoms with van der Waals surface area (Å²) in [5, 5.41) is 2.85. The van der Waals surface area contributed by atoms with Crippen LogP contribution in [0.1, 0.15) is 29.8 Å². The average molecular weight is 431 g/mol. The van der Waals surface area contributed by atoms with E-state index in [-0.39, 0.29) is 17.3 Å². The van der Waals surface area contributed by atoms with Crippen LogP contribution in [-0.4, -0.2) is 59.0 Å². The summed E-state index contributed by atoms with van der Waals surface area (Å²) in [4.78, 5) is 17.2. The summed E-state index contributed by atoms with van der Waals surface area (Å²) in [5.41, 5.74) is 2.80. The lowest BCUT2D eigenvalue weighted by Gasteiger charge is -2.35. The minimum absolute atomic E-state index is 0.142. The van der Waals surface area contributed by atoms with Crippen molar-refractivity contribution in [2.24, 2.45) is 0 Å². The Labute approximate surface area is 179 Å². The molecule has 0 unspecified atom stereocenters. The third-order valence-electron chi connectivity index (χ3n) is 5.31. The third kappa shape index (κ3) is 5.19. The van der Waals surface area contributed by atoms with Crippen LogP contribution >= 0.6 is 0 Å². The van der Waals surface area contributed by atoms with Crippen molar-refractivity contribution in [2.45, 2.75) is 25.2 Å². The third-order valence-corrected chi connectivity index (χ3v) is 6.88. The van der Waals surface area contributed by atoms with Gasteiger partial charge in [0, 0.05) is 44.0 Å². The highest BCUT2D eigenvalue weighted by molar-refractivity contribution is 7.89. The maximum absolute atomic E-state index is 12.9. The largest absolute Gasteiger partial charge is 0.368 e. The average Bonchev–Trinajstić information content (AvgIpc) is 2.74. The van der Waals surface area contributed by atoms with Gasteiger partial charge in [0.2, 0.25) is 10.0 Å². The molecule has 0 aromatic heterocycles.